The first-order valence-corrected chi connectivity index (χ1v) is 9.73. The molecule has 0 fully saturated rings. The Bertz CT molecular complexity index is 1750. The van der Waals surface area contributed by atoms with E-state index in [1.807, 2.05) is 59.4 Å². The van der Waals surface area contributed by atoms with Crippen LogP contribution in [0.5, 0.6) is 0 Å². The van der Waals surface area contributed by atoms with E-state index in [1.54, 1.807) is 0 Å². The maximum absolute atomic E-state index is 4.97. The number of hydrogen-bond donors (Lipinski definition) is 0. The topological polar surface area (TPSA) is 90.2 Å². The minimum absolute atomic E-state index is 0.696. The predicted octanol–water partition coefficient (Wildman–Crippen LogP) is 2.40. The first-order valence-electron chi connectivity index (χ1n) is 9.73. The van der Waals surface area contributed by atoms with Crippen molar-refractivity contribution in [2.75, 3.05) is 7.05 Å². The SMILES string of the molecule is Cn1ccc2nc3c4nc5c(nc4c4nc6ccn(C)c6nc4c3nc21)[N+](C)=CC5. The summed E-state index contributed by atoms with van der Waals surface area (Å²) in [6.45, 7) is 0. The molecule has 0 spiro atoms. The smallest absolute Gasteiger partial charge is 0.334 e. The Balaban J connectivity index is 1.80. The lowest BCUT2D eigenvalue weighted by Crippen LogP contribution is -2.02. The van der Waals surface area contributed by atoms with Gasteiger partial charge in [0.2, 0.25) is 5.52 Å². The number of benzene rings is 1. The van der Waals surface area contributed by atoms with Crippen LogP contribution in [-0.2, 0) is 20.5 Å². The highest BCUT2D eigenvalue weighted by Gasteiger charge is 2.28. The molecule has 9 nitrogen and oxygen atoms in total. The van der Waals surface area contributed by atoms with E-state index in [9.17, 15) is 0 Å². The van der Waals surface area contributed by atoms with Gasteiger partial charge in [0.15, 0.2) is 11.3 Å². The average molecular weight is 394 g/mol. The van der Waals surface area contributed by atoms with Gasteiger partial charge in [-0.1, -0.05) is 0 Å². The van der Waals surface area contributed by atoms with Crippen LogP contribution in [0.1, 0.15) is 5.69 Å². The van der Waals surface area contributed by atoms with Crippen LogP contribution in [0.15, 0.2) is 24.5 Å². The Hall–Kier alpha value is -4.01. The molecule has 1 aromatic carbocycles. The van der Waals surface area contributed by atoms with Crippen molar-refractivity contribution in [1.82, 2.24) is 39.0 Å². The molecule has 0 saturated carbocycles. The highest BCUT2D eigenvalue weighted by Crippen LogP contribution is 2.34. The predicted molar refractivity (Wildman–Crippen MR) is 114 cm³/mol. The van der Waals surface area contributed by atoms with Crippen LogP contribution in [0.4, 0.5) is 5.82 Å². The van der Waals surface area contributed by atoms with Crippen LogP contribution in [0.3, 0.4) is 0 Å². The number of hydrogen-bond acceptors (Lipinski definition) is 6. The fourth-order valence-corrected chi connectivity index (χ4v) is 4.31. The van der Waals surface area contributed by atoms with Gasteiger partial charge in [-0.15, -0.1) is 0 Å². The Morgan fingerprint density at radius 1 is 0.700 bits per heavy atom. The van der Waals surface area contributed by atoms with Crippen molar-refractivity contribution in [3.8, 4) is 0 Å². The molecule has 0 radical (unpaired) electrons. The summed E-state index contributed by atoms with van der Waals surface area (Å²) in [5.74, 6) is 0.854. The van der Waals surface area contributed by atoms with E-state index in [1.165, 1.54) is 0 Å². The van der Waals surface area contributed by atoms with Crippen LogP contribution < -0.4 is 0 Å². The van der Waals surface area contributed by atoms with E-state index in [-0.39, 0.29) is 0 Å². The molecule has 0 atom stereocenters. The third-order valence-corrected chi connectivity index (χ3v) is 5.90. The van der Waals surface area contributed by atoms with Gasteiger partial charge in [-0.2, -0.15) is 0 Å². The number of rotatable bonds is 0. The largest absolute Gasteiger partial charge is 0.345 e. The highest BCUT2D eigenvalue weighted by atomic mass is 15.1. The number of nitrogens with zero attached hydrogens (tertiary/aromatic N) is 9. The van der Waals surface area contributed by atoms with Gasteiger partial charge in [0, 0.05) is 26.5 Å². The summed E-state index contributed by atoms with van der Waals surface area (Å²) in [6, 6.07) is 3.93. The van der Waals surface area contributed by atoms with E-state index in [0.29, 0.717) is 27.6 Å². The third-order valence-electron chi connectivity index (χ3n) is 5.90. The second kappa shape index (κ2) is 5.12. The quantitative estimate of drug-likeness (QED) is 0.290. The number of aromatic nitrogens is 8. The Kier molecular flexibility index (Phi) is 2.71. The molecule has 9 heteroatoms. The summed E-state index contributed by atoms with van der Waals surface area (Å²) in [6.07, 6.45) is 6.75. The summed E-state index contributed by atoms with van der Waals surface area (Å²) in [4.78, 5) is 29.7. The molecule has 6 aromatic rings. The summed E-state index contributed by atoms with van der Waals surface area (Å²) in [5.41, 5.74) is 8.44. The van der Waals surface area contributed by atoms with Gasteiger partial charge < -0.3 is 9.13 Å². The summed E-state index contributed by atoms with van der Waals surface area (Å²) in [7, 11) is 5.92. The minimum Gasteiger partial charge on any atom is -0.334 e. The molecule has 1 aliphatic rings. The van der Waals surface area contributed by atoms with Crippen LogP contribution >= 0.6 is 0 Å². The van der Waals surface area contributed by atoms with Gasteiger partial charge in [-0.05, 0) is 17.1 Å². The zero-order valence-corrected chi connectivity index (χ0v) is 16.6. The van der Waals surface area contributed by atoms with E-state index >= 15 is 0 Å². The van der Waals surface area contributed by atoms with Crippen molar-refractivity contribution < 1.29 is 4.58 Å². The molecular weight excluding hydrogens is 378 g/mol. The summed E-state index contributed by atoms with van der Waals surface area (Å²) < 4.78 is 5.94. The molecule has 6 heterocycles. The maximum atomic E-state index is 4.97. The van der Waals surface area contributed by atoms with Gasteiger partial charge in [0.25, 0.3) is 0 Å². The van der Waals surface area contributed by atoms with Crippen molar-refractivity contribution in [3.05, 3.63) is 30.2 Å². The lowest BCUT2D eigenvalue weighted by molar-refractivity contribution is -0.400. The molecule has 0 N–H and O–H groups in total. The standard InChI is InChI=1S/C21H16N9/c1-28-7-4-10-19(28)25-16-13(22-10)14-17(26-20-11(23-14)5-8-29(20)2)18-15(16)24-12-6-9-30(3)21(12)27-18/h5-9H,4H2,1-3H3/q+1. The molecule has 0 amide bonds. The first kappa shape index (κ1) is 15.9. The van der Waals surface area contributed by atoms with E-state index in [4.69, 9.17) is 29.9 Å². The van der Waals surface area contributed by atoms with E-state index in [2.05, 4.69) is 6.21 Å². The zero-order chi connectivity index (χ0) is 20.1. The van der Waals surface area contributed by atoms with Gasteiger partial charge in [-0.25, -0.2) is 29.5 Å². The normalized spacial score (nSPS) is 13.9. The van der Waals surface area contributed by atoms with Crippen LogP contribution in [0.25, 0.3) is 55.4 Å². The molecular formula is C21H16N9+. The molecule has 30 heavy (non-hydrogen) atoms. The molecule has 5 aromatic heterocycles. The Morgan fingerprint density at radius 2 is 1.20 bits per heavy atom. The average Bonchev–Trinajstić information content (AvgIpc) is 3.43. The molecule has 0 bridgehead atoms. The molecule has 0 unspecified atom stereocenters. The maximum Gasteiger partial charge on any atom is 0.345 e. The van der Waals surface area contributed by atoms with Gasteiger partial charge in [-0.3, -0.25) is 0 Å². The molecule has 7 rings (SSSR count). The lowest BCUT2D eigenvalue weighted by atomic mass is 10.1. The van der Waals surface area contributed by atoms with Gasteiger partial charge >= 0.3 is 5.82 Å². The zero-order valence-electron chi connectivity index (χ0n) is 16.6. The fraction of sp³-hybridized carbons (Fsp3) is 0.190. The highest BCUT2D eigenvalue weighted by molar-refractivity contribution is 6.20. The molecule has 144 valence electrons. The monoisotopic (exact) mass is 394 g/mol. The van der Waals surface area contributed by atoms with E-state index < -0.39 is 0 Å². The van der Waals surface area contributed by atoms with Crippen molar-refractivity contribution in [3.63, 3.8) is 0 Å². The second-order valence-corrected chi connectivity index (χ2v) is 7.80. The van der Waals surface area contributed by atoms with Crippen LogP contribution in [-0.4, -0.2) is 56.9 Å². The molecule has 1 aliphatic heterocycles. The first-order chi connectivity index (χ1) is 14.6. The van der Waals surface area contributed by atoms with Crippen LogP contribution in [0.2, 0.25) is 0 Å². The number of fused-ring (bicyclic) bond motifs is 9. The van der Waals surface area contributed by atoms with Crippen molar-refractivity contribution in [2.45, 2.75) is 6.42 Å². The lowest BCUT2D eigenvalue weighted by Gasteiger charge is -2.07. The molecule has 0 aliphatic carbocycles. The van der Waals surface area contributed by atoms with Crippen molar-refractivity contribution in [1.29, 1.82) is 0 Å². The van der Waals surface area contributed by atoms with Crippen LogP contribution in [0, 0.1) is 0 Å². The Morgan fingerprint density at radius 3 is 1.80 bits per heavy atom. The number of aryl methyl sites for hydroxylation is 2. The third kappa shape index (κ3) is 1.84. The minimum atomic E-state index is 0.696. The fourth-order valence-electron chi connectivity index (χ4n) is 4.31. The summed E-state index contributed by atoms with van der Waals surface area (Å²) >= 11 is 0. The summed E-state index contributed by atoms with van der Waals surface area (Å²) in [5, 5.41) is 0. The van der Waals surface area contributed by atoms with Crippen molar-refractivity contribution in [2.24, 2.45) is 14.1 Å². The van der Waals surface area contributed by atoms with Gasteiger partial charge in [0.05, 0.1) is 19.7 Å². The Labute approximate surface area is 169 Å². The van der Waals surface area contributed by atoms with E-state index in [0.717, 1.165) is 45.8 Å². The van der Waals surface area contributed by atoms with Gasteiger partial charge in [0.1, 0.15) is 44.3 Å². The second-order valence-electron chi connectivity index (χ2n) is 7.80. The van der Waals surface area contributed by atoms with Crippen molar-refractivity contribution >= 4 is 67.5 Å². The molecule has 0 saturated heterocycles.